The fraction of sp³-hybridized carbons (Fsp3) is 0.321. The lowest BCUT2D eigenvalue weighted by atomic mass is 10.1. The van der Waals surface area contributed by atoms with E-state index >= 15 is 0 Å². The van der Waals surface area contributed by atoms with E-state index in [1.54, 1.807) is 29.2 Å². The number of carbonyl (C=O) groups excluding carboxylic acids is 3. The summed E-state index contributed by atoms with van der Waals surface area (Å²) in [6.45, 7) is 0.699. The average molecular weight is 532 g/mol. The van der Waals surface area contributed by atoms with Crippen molar-refractivity contribution in [3.05, 3.63) is 77.9 Å². The van der Waals surface area contributed by atoms with Gasteiger partial charge in [0, 0.05) is 31.9 Å². The van der Waals surface area contributed by atoms with Gasteiger partial charge in [0.15, 0.2) is 18.1 Å². The number of benzene rings is 2. The number of methoxy groups -OCH3 is 1. The summed E-state index contributed by atoms with van der Waals surface area (Å²) >= 11 is 0. The monoisotopic (exact) mass is 531 g/mol. The molecule has 6 rings (SSSR count). The lowest BCUT2D eigenvalue weighted by Crippen LogP contribution is -2.45. The third-order valence-electron chi connectivity index (χ3n) is 6.61. The van der Waals surface area contributed by atoms with Crippen molar-refractivity contribution in [2.45, 2.75) is 31.5 Å². The van der Waals surface area contributed by atoms with Crippen molar-refractivity contribution in [3.63, 3.8) is 0 Å². The number of aromatic nitrogens is 2. The van der Waals surface area contributed by atoms with Crippen molar-refractivity contribution in [2.24, 2.45) is 0 Å². The largest absolute Gasteiger partial charge is 0.493 e. The lowest BCUT2D eigenvalue weighted by molar-refractivity contribution is -0.123. The first-order valence-corrected chi connectivity index (χ1v) is 12.6. The van der Waals surface area contributed by atoms with Crippen molar-refractivity contribution in [2.75, 3.05) is 26.8 Å². The predicted octanol–water partition coefficient (Wildman–Crippen LogP) is 1.51. The minimum atomic E-state index is -0.469. The smallest absolute Gasteiger partial charge is 0.274 e. The predicted molar refractivity (Wildman–Crippen MR) is 139 cm³/mol. The highest BCUT2D eigenvalue weighted by molar-refractivity contribution is 5.92. The van der Waals surface area contributed by atoms with Crippen LogP contribution in [-0.4, -0.2) is 71.5 Å². The SMILES string of the molecule is COc1ccc2cc1OCC(=O)NCc1ccc(cc1)O[C@H]1CN(C(=O)c3cnccn3)C[C@@H]1NC(=O)CC2. The highest BCUT2D eigenvalue weighted by Gasteiger charge is 2.38. The Labute approximate surface area is 225 Å². The first-order chi connectivity index (χ1) is 19.0. The fourth-order valence-electron chi connectivity index (χ4n) is 4.55. The number of hydrogen-bond acceptors (Lipinski definition) is 8. The molecule has 4 heterocycles. The van der Waals surface area contributed by atoms with E-state index in [1.165, 1.54) is 25.7 Å². The number of nitrogens with one attached hydrogen (secondary N) is 2. The zero-order valence-corrected chi connectivity index (χ0v) is 21.5. The van der Waals surface area contributed by atoms with Gasteiger partial charge >= 0.3 is 0 Å². The summed E-state index contributed by atoms with van der Waals surface area (Å²) in [6, 6.07) is 12.3. The molecule has 3 aliphatic heterocycles. The van der Waals surface area contributed by atoms with Gasteiger partial charge in [0.05, 0.1) is 25.9 Å². The summed E-state index contributed by atoms with van der Waals surface area (Å²) in [5, 5.41) is 5.89. The maximum atomic E-state index is 13.0. The Bertz CT molecular complexity index is 1330. The molecule has 3 aliphatic rings. The Hall–Kier alpha value is -4.67. The van der Waals surface area contributed by atoms with Gasteiger partial charge in [0.25, 0.3) is 11.8 Å². The molecule has 0 spiro atoms. The van der Waals surface area contributed by atoms with Gasteiger partial charge in [0.2, 0.25) is 5.91 Å². The molecule has 1 saturated heterocycles. The number of hydrogen-bond donors (Lipinski definition) is 2. The minimum absolute atomic E-state index is 0.172. The molecule has 0 unspecified atom stereocenters. The summed E-state index contributed by atoms with van der Waals surface area (Å²) in [7, 11) is 1.53. The third-order valence-corrected chi connectivity index (χ3v) is 6.61. The Morgan fingerprint density at radius 1 is 1.03 bits per heavy atom. The Morgan fingerprint density at radius 3 is 2.62 bits per heavy atom. The van der Waals surface area contributed by atoms with E-state index in [9.17, 15) is 14.4 Å². The third kappa shape index (κ3) is 6.43. The molecule has 3 aromatic rings. The fourth-order valence-corrected chi connectivity index (χ4v) is 4.55. The molecule has 39 heavy (non-hydrogen) atoms. The number of amides is 3. The van der Waals surface area contributed by atoms with Crippen LogP contribution in [0.25, 0.3) is 0 Å². The number of fused-ring (bicyclic) bond motifs is 9. The Balaban J connectivity index is 1.38. The van der Waals surface area contributed by atoms with Gasteiger partial charge in [-0.05, 0) is 41.8 Å². The van der Waals surface area contributed by atoms with E-state index < -0.39 is 12.1 Å². The molecule has 3 amide bonds. The van der Waals surface area contributed by atoms with Gasteiger partial charge in [-0.25, -0.2) is 4.98 Å². The molecule has 0 saturated carbocycles. The van der Waals surface area contributed by atoms with Crippen LogP contribution in [0.2, 0.25) is 0 Å². The number of carbonyl (C=O) groups is 3. The standard InChI is InChI=1S/C28H29N5O6/c1-37-23-8-4-18-5-9-26(34)32-22-15-33(28(36)21-14-29-10-11-30-21)16-25(22)39-20-6-2-19(3-7-20)13-31-27(35)17-38-24(23)12-18/h2-4,6-8,10-12,14,22,25H,5,9,13,15-17H2,1H3,(H,31,35)(H,32,34)/t22-,25-/m0/s1. The summed E-state index contributed by atoms with van der Waals surface area (Å²) in [6.07, 6.45) is 4.58. The molecule has 0 aliphatic carbocycles. The van der Waals surface area contributed by atoms with E-state index in [4.69, 9.17) is 14.2 Å². The maximum Gasteiger partial charge on any atom is 0.274 e. The van der Waals surface area contributed by atoms with Gasteiger partial charge in [-0.3, -0.25) is 19.4 Å². The molecule has 0 radical (unpaired) electrons. The normalized spacial score (nSPS) is 19.8. The molecular weight excluding hydrogens is 502 g/mol. The molecule has 11 nitrogen and oxygen atoms in total. The average Bonchev–Trinajstić information content (AvgIpc) is 3.35. The van der Waals surface area contributed by atoms with Crippen LogP contribution < -0.4 is 24.8 Å². The second-order valence-electron chi connectivity index (χ2n) is 9.33. The highest BCUT2D eigenvalue weighted by atomic mass is 16.5. The molecule has 4 bridgehead atoms. The van der Waals surface area contributed by atoms with Crippen LogP contribution in [0.4, 0.5) is 0 Å². The van der Waals surface area contributed by atoms with Crippen LogP contribution in [0.5, 0.6) is 17.2 Å². The lowest BCUT2D eigenvalue weighted by Gasteiger charge is -2.21. The molecule has 2 aromatic carbocycles. The van der Waals surface area contributed by atoms with E-state index in [0.29, 0.717) is 30.2 Å². The Morgan fingerprint density at radius 2 is 1.85 bits per heavy atom. The molecule has 2 atom stereocenters. The zero-order chi connectivity index (χ0) is 27.2. The van der Waals surface area contributed by atoms with Crippen molar-refractivity contribution in [3.8, 4) is 17.2 Å². The number of ether oxygens (including phenoxy) is 3. The molecule has 11 heteroatoms. The van der Waals surface area contributed by atoms with E-state index in [2.05, 4.69) is 20.6 Å². The zero-order valence-electron chi connectivity index (χ0n) is 21.5. The second kappa shape index (κ2) is 11.8. The topological polar surface area (TPSA) is 132 Å². The van der Waals surface area contributed by atoms with Crippen LogP contribution in [0.1, 0.15) is 28.0 Å². The van der Waals surface area contributed by atoms with Gasteiger partial charge in [-0.15, -0.1) is 0 Å². The van der Waals surface area contributed by atoms with Crippen molar-refractivity contribution in [1.29, 1.82) is 0 Å². The maximum absolute atomic E-state index is 13.0. The van der Waals surface area contributed by atoms with Crippen molar-refractivity contribution in [1.82, 2.24) is 25.5 Å². The number of aryl methyl sites for hydroxylation is 1. The van der Waals surface area contributed by atoms with Gasteiger partial charge < -0.3 is 29.7 Å². The van der Waals surface area contributed by atoms with Crippen LogP contribution in [0.3, 0.4) is 0 Å². The summed E-state index contributed by atoms with van der Waals surface area (Å²) < 4.78 is 17.3. The minimum Gasteiger partial charge on any atom is -0.493 e. The highest BCUT2D eigenvalue weighted by Crippen LogP contribution is 2.29. The quantitative estimate of drug-likeness (QED) is 0.509. The van der Waals surface area contributed by atoms with Crippen molar-refractivity contribution < 1.29 is 28.6 Å². The molecular formula is C28H29N5O6. The number of likely N-dealkylation sites (tertiary alicyclic amines) is 1. The second-order valence-corrected chi connectivity index (χ2v) is 9.33. The number of nitrogens with zero attached hydrogens (tertiary/aromatic N) is 3. The van der Waals surface area contributed by atoms with Gasteiger partial charge in [-0.2, -0.15) is 0 Å². The first-order valence-electron chi connectivity index (χ1n) is 12.6. The van der Waals surface area contributed by atoms with E-state index in [-0.39, 0.29) is 49.5 Å². The molecule has 202 valence electrons. The van der Waals surface area contributed by atoms with Crippen molar-refractivity contribution >= 4 is 17.7 Å². The van der Waals surface area contributed by atoms with Crippen LogP contribution >= 0.6 is 0 Å². The van der Waals surface area contributed by atoms with Gasteiger partial charge in [0.1, 0.15) is 17.5 Å². The van der Waals surface area contributed by atoms with Gasteiger partial charge in [-0.1, -0.05) is 18.2 Å². The summed E-state index contributed by atoms with van der Waals surface area (Å²) in [4.78, 5) is 48.1. The summed E-state index contributed by atoms with van der Waals surface area (Å²) in [5.74, 6) is 0.786. The molecule has 1 aromatic heterocycles. The Kier molecular flexibility index (Phi) is 7.86. The van der Waals surface area contributed by atoms with E-state index in [1.807, 2.05) is 18.2 Å². The molecule has 2 N–H and O–H groups in total. The summed E-state index contributed by atoms with van der Waals surface area (Å²) in [5.41, 5.74) is 1.97. The first kappa shape index (κ1) is 26.0. The number of rotatable bonds is 2. The van der Waals surface area contributed by atoms with Crippen LogP contribution in [0, 0.1) is 0 Å². The van der Waals surface area contributed by atoms with E-state index in [0.717, 1.165) is 11.1 Å². The van der Waals surface area contributed by atoms with Crippen LogP contribution in [0.15, 0.2) is 61.1 Å². The molecule has 1 fully saturated rings. The van der Waals surface area contributed by atoms with Crippen LogP contribution in [-0.2, 0) is 22.6 Å².